The lowest BCUT2D eigenvalue weighted by Crippen LogP contribution is -2.51. The van der Waals surface area contributed by atoms with Crippen LogP contribution in [0.25, 0.3) is 11.1 Å². The summed E-state index contributed by atoms with van der Waals surface area (Å²) in [5.41, 5.74) is 5.72. The highest BCUT2D eigenvalue weighted by atomic mass is 16.3. The molecule has 7 heteroatoms. The first-order valence-electron chi connectivity index (χ1n) is 10.3. The molecule has 0 aliphatic carbocycles. The van der Waals surface area contributed by atoms with E-state index < -0.39 is 0 Å². The Kier molecular flexibility index (Phi) is 4.46. The summed E-state index contributed by atoms with van der Waals surface area (Å²) in [4.78, 5) is 31.2. The summed E-state index contributed by atoms with van der Waals surface area (Å²) in [6.45, 7) is 4.68. The molecule has 5 rings (SSSR count). The van der Waals surface area contributed by atoms with E-state index in [1.165, 1.54) is 6.26 Å². The van der Waals surface area contributed by atoms with Crippen LogP contribution in [-0.2, 0) is 4.79 Å². The predicted molar refractivity (Wildman–Crippen MR) is 122 cm³/mol. The molecule has 2 aliphatic heterocycles. The lowest BCUT2D eigenvalue weighted by Gasteiger charge is -2.40. The maximum Gasteiger partial charge on any atom is 0.294 e. The minimum atomic E-state index is -0.212. The van der Waals surface area contributed by atoms with Crippen molar-refractivity contribution in [2.24, 2.45) is 0 Å². The van der Waals surface area contributed by atoms with E-state index in [2.05, 4.69) is 28.4 Å². The van der Waals surface area contributed by atoms with E-state index in [-0.39, 0.29) is 23.6 Å². The van der Waals surface area contributed by atoms with Crippen LogP contribution in [0.1, 0.15) is 24.4 Å². The van der Waals surface area contributed by atoms with Crippen molar-refractivity contribution in [3.8, 4) is 11.1 Å². The summed E-state index contributed by atoms with van der Waals surface area (Å²) >= 11 is 0. The molecule has 0 spiro atoms. The molecule has 3 aromatic rings. The van der Waals surface area contributed by atoms with Crippen molar-refractivity contribution in [2.45, 2.75) is 19.9 Å². The Morgan fingerprint density at radius 3 is 2.48 bits per heavy atom. The van der Waals surface area contributed by atoms with Crippen molar-refractivity contribution in [1.82, 2.24) is 0 Å². The molecule has 2 aliphatic rings. The fourth-order valence-electron chi connectivity index (χ4n) is 4.48. The molecule has 0 bridgehead atoms. The average Bonchev–Trinajstić information content (AvgIpc) is 3.42. The highest BCUT2D eigenvalue weighted by Gasteiger charge is 2.35. The van der Waals surface area contributed by atoms with Gasteiger partial charge in [-0.25, -0.2) is 0 Å². The van der Waals surface area contributed by atoms with E-state index in [1.807, 2.05) is 32.2 Å². The number of hydrogen-bond donors (Lipinski definition) is 1. The molecule has 31 heavy (non-hydrogen) atoms. The maximum atomic E-state index is 13.2. The first-order valence-corrected chi connectivity index (χ1v) is 10.3. The number of rotatable bonds is 2. The van der Waals surface area contributed by atoms with Crippen molar-refractivity contribution in [3.63, 3.8) is 0 Å². The Hall–Kier alpha value is -3.74. The van der Waals surface area contributed by atoms with Gasteiger partial charge in [0.05, 0.1) is 41.7 Å². The number of carbonyl (C=O) groups excluding carboxylic acids is 2. The number of nitrogens with one attached hydrogen (secondary N) is 1. The number of amides is 2. The molecule has 2 aromatic carbocycles. The third-order valence-corrected chi connectivity index (χ3v) is 5.98. The molecule has 0 saturated heterocycles. The van der Waals surface area contributed by atoms with Crippen LogP contribution >= 0.6 is 0 Å². The van der Waals surface area contributed by atoms with Crippen LogP contribution in [0, 0.1) is 0 Å². The third-order valence-electron chi connectivity index (χ3n) is 5.98. The molecular weight excluding hydrogens is 392 g/mol. The molecule has 7 nitrogen and oxygen atoms in total. The van der Waals surface area contributed by atoms with Gasteiger partial charge in [-0.05, 0) is 54.4 Å². The second kappa shape index (κ2) is 7.19. The third kappa shape index (κ3) is 3.13. The molecule has 0 radical (unpaired) electrons. The summed E-state index contributed by atoms with van der Waals surface area (Å²) in [5, 5.41) is 3.36. The first-order chi connectivity index (χ1) is 14.9. The van der Waals surface area contributed by atoms with Crippen molar-refractivity contribution in [2.75, 3.05) is 40.3 Å². The number of fused-ring (bicyclic) bond motifs is 2. The number of benzene rings is 2. The zero-order valence-corrected chi connectivity index (χ0v) is 17.8. The summed E-state index contributed by atoms with van der Waals surface area (Å²) < 4.78 is 5.37. The maximum absolute atomic E-state index is 13.2. The van der Waals surface area contributed by atoms with Gasteiger partial charge in [0.15, 0.2) is 5.76 Å². The molecule has 2 amide bonds. The quantitative estimate of drug-likeness (QED) is 0.679. The Morgan fingerprint density at radius 2 is 1.77 bits per heavy atom. The van der Waals surface area contributed by atoms with E-state index in [1.54, 1.807) is 28.9 Å². The van der Waals surface area contributed by atoms with Gasteiger partial charge in [-0.3, -0.25) is 9.59 Å². The number of nitrogens with zero attached hydrogens (tertiary/aromatic N) is 3. The fraction of sp³-hybridized carbons (Fsp3) is 0.250. The molecule has 1 atom stereocenters. The number of carbonyl (C=O) groups is 2. The van der Waals surface area contributed by atoms with Crippen LogP contribution in [0.5, 0.6) is 0 Å². The Balaban J connectivity index is 1.62. The molecular formula is C24H24N4O3. The Morgan fingerprint density at radius 1 is 1.03 bits per heavy atom. The lowest BCUT2D eigenvalue weighted by atomic mass is 9.99. The lowest BCUT2D eigenvalue weighted by molar-refractivity contribution is -0.117. The zero-order chi connectivity index (χ0) is 21.7. The van der Waals surface area contributed by atoms with Crippen LogP contribution in [0.2, 0.25) is 0 Å². The number of furan rings is 1. The van der Waals surface area contributed by atoms with Crippen molar-refractivity contribution in [1.29, 1.82) is 0 Å². The monoisotopic (exact) mass is 416 g/mol. The zero-order valence-electron chi connectivity index (χ0n) is 17.8. The highest BCUT2D eigenvalue weighted by Crippen LogP contribution is 2.41. The normalized spacial score (nSPS) is 17.3. The highest BCUT2D eigenvalue weighted by molar-refractivity contribution is 6.10. The molecule has 0 fully saturated rings. The van der Waals surface area contributed by atoms with E-state index >= 15 is 0 Å². The van der Waals surface area contributed by atoms with Gasteiger partial charge >= 0.3 is 0 Å². The molecule has 0 unspecified atom stereocenters. The predicted octanol–water partition coefficient (Wildman–Crippen LogP) is 4.17. The topological polar surface area (TPSA) is 69.0 Å². The SMILES string of the molecule is CC(=O)N1c2ccc(-c3ccc4c(c3)N(C)CN4)cc2N(C(=O)c2ccco2)C[C@@H]1C. The minimum Gasteiger partial charge on any atom is -0.459 e. The van der Waals surface area contributed by atoms with Crippen LogP contribution in [-0.4, -0.2) is 38.1 Å². The second-order valence-corrected chi connectivity index (χ2v) is 8.10. The average molecular weight is 416 g/mol. The smallest absolute Gasteiger partial charge is 0.294 e. The number of anilines is 4. The second-order valence-electron chi connectivity index (χ2n) is 8.10. The molecule has 0 saturated carbocycles. The van der Waals surface area contributed by atoms with Gasteiger partial charge in [-0.15, -0.1) is 0 Å². The van der Waals surface area contributed by atoms with Crippen molar-refractivity contribution < 1.29 is 14.0 Å². The van der Waals surface area contributed by atoms with Gasteiger partial charge in [0.25, 0.3) is 5.91 Å². The molecule has 1 aromatic heterocycles. The van der Waals surface area contributed by atoms with E-state index in [0.29, 0.717) is 12.2 Å². The Bertz CT molecular complexity index is 1170. The van der Waals surface area contributed by atoms with E-state index in [0.717, 1.165) is 34.9 Å². The molecule has 3 heterocycles. The van der Waals surface area contributed by atoms with Crippen LogP contribution < -0.4 is 20.0 Å². The Labute approximate surface area is 180 Å². The van der Waals surface area contributed by atoms with Crippen LogP contribution in [0.4, 0.5) is 22.7 Å². The summed E-state index contributed by atoms with van der Waals surface area (Å²) in [5.74, 6) is 0.0261. The van der Waals surface area contributed by atoms with Crippen molar-refractivity contribution in [3.05, 3.63) is 60.6 Å². The van der Waals surface area contributed by atoms with Gasteiger partial charge in [0.2, 0.25) is 5.91 Å². The van der Waals surface area contributed by atoms with Gasteiger partial charge in [-0.2, -0.15) is 0 Å². The van der Waals surface area contributed by atoms with Gasteiger partial charge < -0.3 is 24.4 Å². The summed E-state index contributed by atoms with van der Waals surface area (Å²) in [7, 11) is 2.05. The molecule has 158 valence electrons. The van der Waals surface area contributed by atoms with Crippen LogP contribution in [0.3, 0.4) is 0 Å². The number of hydrogen-bond acceptors (Lipinski definition) is 5. The minimum absolute atomic E-state index is 0.0446. The van der Waals surface area contributed by atoms with Crippen LogP contribution in [0.15, 0.2) is 59.2 Å². The summed E-state index contributed by atoms with van der Waals surface area (Å²) in [6, 6.07) is 15.4. The largest absolute Gasteiger partial charge is 0.459 e. The van der Waals surface area contributed by atoms with Gasteiger partial charge in [0, 0.05) is 20.5 Å². The van der Waals surface area contributed by atoms with E-state index in [9.17, 15) is 9.59 Å². The van der Waals surface area contributed by atoms with Gasteiger partial charge in [-0.1, -0.05) is 12.1 Å². The molecule has 1 N–H and O–H groups in total. The standard InChI is InChI=1S/C24H24N4O3/c1-15-13-27(24(30)23-5-4-10-31-23)22-12-18(7-9-20(22)28(15)16(2)29)17-6-8-19-21(11-17)26(3)14-25-19/h4-12,15,25H,13-14H2,1-3H3/t15-/m0/s1. The van der Waals surface area contributed by atoms with Gasteiger partial charge in [0.1, 0.15) is 0 Å². The summed E-state index contributed by atoms with van der Waals surface area (Å²) in [6.07, 6.45) is 1.49. The van der Waals surface area contributed by atoms with Crippen molar-refractivity contribution >= 4 is 34.6 Å². The fourth-order valence-corrected chi connectivity index (χ4v) is 4.48. The first kappa shape index (κ1) is 19.2. The van der Waals surface area contributed by atoms with E-state index in [4.69, 9.17) is 4.42 Å².